The van der Waals surface area contributed by atoms with Crippen LogP contribution in [0.15, 0.2) is 53.6 Å². The molecule has 0 atom stereocenters. The van der Waals surface area contributed by atoms with Gasteiger partial charge in [0.15, 0.2) is 0 Å². The lowest BCUT2D eigenvalue weighted by atomic mass is 10.1. The number of hydrogen-bond donors (Lipinski definition) is 0. The van der Waals surface area contributed by atoms with Gasteiger partial charge >= 0.3 is 0 Å². The van der Waals surface area contributed by atoms with Crippen molar-refractivity contribution in [1.82, 2.24) is 19.4 Å². The van der Waals surface area contributed by atoms with Gasteiger partial charge in [-0.05, 0) is 43.2 Å². The Balaban J connectivity index is 1.28. The molecule has 0 N–H and O–H groups in total. The van der Waals surface area contributed by atoms with Crippen molar-refractivity contribution in [2.75, 3.05) is 32.8 Å². The normalized spacial score (nSPS) is 14.6. The third-order valence-corrected chi connectivity index (χ3v) is 5.99. The molecule has 0 aliphatic carbocycles. The largest absolute Gasteiger partial charge is 0.494 e. The molecule has 0 spiro atoms. The first kappa shape index (κ1) is 22.0. The summed E-state index contributed by atoms with van der Waals surface area (Å²) in [6.07, 6.45) is 1.86. The predicted octanol–water partition coefficient (Wildman–Crippen LogP) is 2.84. The maximum absolute atomic E-state index is 12.7. The van der Waals surface area contributed by atoms with Crippen LogP contribution in [0.5, 0.6) is 5.75 Å². The minimum absolute atomic E-state index is 0.0851. The zero-order valence-electron chi connectivity index (χ0n) is 18.8. The van der Waals surface area contributed by atoms with Crippen molar-refractivity contribution in [3.05, 3.63) is 70.3 Å². The number of ether oxygens (including phenoxy) is 1. The Morgan fingerprint density at radius 3 is 2.53 bits per heavy atom. The molecule has 0 bridgehead atoms. The number of benzene rings is 2. The monoisotopic (exact) mass is 434 g/mol. The van der Waals surface area contributed by atoms with E-state index >= 15 is 0 Å². The third-order valence-electron chi connectivity index (χ3n) is 5.99. The minimum atomic E-state index is -0.0910. The average Bonchev–Trinajstić information content (AvgIpc) is 2.81. The van der Waals surface area contributed by atoms with Crippen LogP contribution < -0.4 is 10.3 Å². The first-order chi connectivity index (χ1) is 15.5. The topological polar surface area (TPSA) is 67.7 Å². The van der Waals surface area contributed by atoms with Crippen molar-refractivity contribution in [3.63, 3.8) is 0 Å². The van der Waals surface area contributed by atoms with Gasteiger partial charge in [0.1, 0.15) is 5.75 Å². The highest BCUT2D eigenvalue weighted by Gasteiger charge is 2.21. The molecular weight excluding hydrogens is 404 g/mol. The van der Waals surface area contributed by atoms with Gasteiger partial charge in [0.25, 0.3) is 5.56 Å². The van der Waals surface area contributed by atoms with Crippen molar-refractivity contribution >= 4 is 16.8 Å². The summed E-state index contributed by atoms with van der Waals surface area (Å²) in [5.74, 6) is 0.976. The molecule has 1 fully saturated rings. The molecule has 1 amide bonds. The van der Waals surface area contributed by atoms with E-state index in [1.807, 2.05) is 43.0 Å². The maximum atomic E-state index is 12.7. The van der Waals surface area contributed by atoms with E-state index in [2.05, 4.69) is 22.0 Å². The number of carbonyl (C=O) groups is 1. The fourth-order valence-corrected chi connectivity index (χ4v) is 4.14. The minimum Gasteiger partial charge on any atom is -0.494 e. The second kappa shape index (κ2) is 9.96. The van der Waals surface area contributed by atoms with Crippen LogP contribution in [0, 0.1) is 6.92 Å². The Kier molecular flexibility index (Phi) is 6.85. The third kappa shape index (κ3) is 4.99. The standard InChI is InChI=1S/C25H30N4O3/c1-3-32-21-9-7-20(8-10-21)17-27-13-15-28(16-14-27)23(30)11-12-29-18-26-24-19(2)5-4-6-22(24)25(29)31/h4-10,18H,3,11-17H2,1-2H3. The zero-order chi connectivity index (χ0) is 22.5. The van der Waals surface area contributed by atoms with Gasteiger partial charge < -0.3 is 9.64 Å². The number of carbonyl (C=O) groups excluding carboxylic acids is 1. The summed E-state index contributed by atoms with van der Waals surface area (Å²) < 4.78 is 7.04. The molecular formula is C25H30N4O3. The maximum Gasteiger partial charge on any atom is 0.261 e. The highest BCUT2D eigenvalue weighted by atomic mass is 16.5. The van der Waals surface area contributed by atoms with Crippen LogP contribution in [0.1, 0.15) is 24.5 Å². The number of para-hydroxylation sites is 1. The molecule has 3 aromatic rings. The van der Waals surface area contributed by atoms with Gasteiger partial charge in [0.05, 0.1) is 23.8 Å². The van der Waals surface area contributed by atoms with Crippen molar-refractivity contribution in [1.29, 1.82) is 0 Å². The number of aryl methyl sites for hydroxylation is 2. The Morgan fingerprint density at radius 2 is 1.81 bits per heavy atom. The number of piperazine rings is 1. The molecule has 1 aliphatic rings. The Bertz CT molecular complexity index is 1130. The van der Waals surface area contributed by atoms with Crippen LogP contribution >= 0.6 is 0 Å². The summed E-state index contributed by atoms with van der Waals surface area (Å²) in [6, 6.07) is 13.8. The van der Waals surface area contributed by atoms with Crippen LogP contribution in [-0.4, -0.2) is 58.0 Å². The Labute approximate surface area is 188 Å². The SMILES string of the molecule is CCOc1ccc(CN2CCN(C(=O)CCn3cnc4c(C)cccc4c3=O)CC2)cc1. The van der Waals surface area contributed by atoms with Crippen LogP contribution in [0.3, 0.4) is 0 Å². The van der Waals surface area contributed by atoms with E-state index in [9.17, 15) is 9.59 Å². The second-order valence-corrected chi connectivity index (χ2v) is 8.20. The summed E-state index contributed by atoms with van der Waals surface area (Å²) in [5, 5.41) is 0.600. The second-order valence-electron chi connectivity index (χ2n) is 8.20. The molecule has 2 aromatic carbocycles. The average molecular weight is 435 g/mol. The molecule has 1 aromatic heterocycles. The molecule has 168 valence electrons. The van der Waals surface area contributed by atoms with Gasteiger partial charge in [-0.1, -0.05) is 24.3 Å². The van der Waals surface area contributed by atoms with E-state index in [1.165, 1.54) is 5.56 Å². The smallest absolute Gasteiger partial charge is 0.261 e. The molecule has 0 radical (unpaired) electrons. The first-order valence-electron chi connectivity index (χ1n) is 11.2. The van der Waals surface area contributed by atoms with E-state index in [0.29, 0.717) is 38.0 Å². The highest BCUT2D eigenvalue weighted by Crippen LogP contribution is 2.15. The van der Waals surface area contributed by atoms with E-state index in [1.54, 1.807) is 17.0 Å². The molecule has 2 heterocycles. The summed E-state index contributed by atoms with van der Waals surface area (Å²) in [6.45, 7) is 8.91. The summed E-state index contributed by atoms with van der Waals surface area (Å²) in [4.78, 5) is 34.1. The van der Waals surface area contributed by atoms with E-state index in [0.717, 1.165) is 36.5 Å². The van der Waals surface area contributed by atoms with Crippen molar-refractivity contribution in [2.45, 2.75) is 33.4 Å². The van der Waals surface area contributed by atoms with E-state index in [-0.39, 0.29) is 11.5 Å². The molecule has 1 saturated heterocycles. The highest BCUT2D eigenvalue weighted by molar-refractivity contribution is 5.80. The summed E-state index contributed by atoms with van der Waals surface area (Å²) in [5.41, 5.74) is 2.85. The van der Waals surface area contributed by atoms with Gasteiger partial charge in [0.2, 0.25) is 5.91 Å². The van der Waals surface area contributed by atoms with Crippen molar-refractivity contribution in [3.8, 4) is 5.75 Å². The van der Waals surface area contributed by atoms with Gasteiger partial charge in [-0.3, -0.25) is 19.1 Å². The number of fused-ring (bicyclic) bond motifs is 1. The fraction of sp³-hybridized carbons (Fsp3) is 0.400. The fourth-order valence-electron chi connectivity index (χ4n) is 4.14. The number of aromatic nitrogens is 2. The lowest BCUT2D eigenvalue weighted by molar-refractivity contribution is -0.133. The Hall–Kier alpha value is -3.19. The quantitative estimate of drug-likeness (QED) is 0.572. The molecule has 32 heavy (non-hydrogen) atoms. The van der Waals surface area contributed by atoms with Crippen molar-refractivity contribution in [2.24, 2.45) is 0 Å². The van der Waals surface area contributed by atoms with E-state index in [4.69, 9.17) is 4.74 Å². The van der Waals surface area contributed by atoms with Gasteiger partial charge in [0, 0.05) is 45.7 Å². The first-order valence-corrected chi connectivity index (χ1v) is 11.2. The van der Waals surface area contributed by atoms with Gasteiger partial charge in [-0.2, -0.15) is 0 Å². The molecule has 7 heteroatoms. The predicted molar refractivity (Wildman–Crippen MR) is 125 cm³/mol. The van der Waals surface area contributed by atoms with Crippen LogP contribution in [0.2, 0.25) is 0 Å². The molecule has 0 saturated carbocycles. The summed E-state index contributed by atoms with van der Waals surface area (Å²) in [7, 11) is 0. The Morgan fingerprint density at radius 1 is 1.06 bits per heavy atom. The molecule has 7 nitrogen and oxygen atoms in total. The van der Waals surface area contributed by atoms with E-state index < -0.39 is 0 Å². The lowest BCUT2D eigenvalue weighted by Gasteiger charge is -2.35. The van der Waals surface area contributed by atoms with Crippen LogP contribution in [0.4, 0.5) is 0 Å². The number of nitrogens with zero attached hydrogens (tertiary/aromatic N) is 4. The molecule has 4 rings (SSSR count). The van der Waals surface area contributed by atoms with Gasteiger partial charge in [-0.15, -0.1) is 0 Å². The van der Waals surface area contributed by atoms with Crippen molar-refractivity contribution < 1.29 is 9.53 Å². The molecule has 1 aliphatic heterocycles. The number of hydrogen-bond acceptors (Lipinski definition) is 5. The molecule has 0 unspecified atom stereocenters. The van der Waals surface area contributed by atoms with Crippen LogP contribution in [0.25, 0.3) is 10.9 Å². The lowest BCUT2D eigenvalue weighted by Crippen LogP contribution is -2.48. The zero-order valence-corrected chi connectivity index (χ0v) is 18.8. The van der Waals surface area contributed by atoms with Crippen LogP contribution in [-0.2, 0) is 17.9 Å². The summed E-state index contributed by atoms with van der Waals surface area (Å²) >= 11 is 0. The number of amides is 1. The number of rotatable bonds is 7. The van der Waals surface area contributed by atoms with Gasteiger partial charge in [-0.25, -0.2) is 4.98 Å².